The van der Waals surface area contributed by atoms with E-state index in [0.29, 0.717) is 34.7 Å². The first kappa shape index (κ1) is 24.0. The van der Waals surface area contributed by atoms with Crippen LogP contribution in [0.3, 0.4) is 0 Å². The third kappa shape index (κ3) is 5.03. The highest BCUT2D eigenvalue weighted by molar-refractivity contribution is 5.89. The van der Waals surface area contributed by atoms with E-state index in [2.05, 4.69) is 15.3 Å². The van der Waals surface area contributed by atoms with Gasteiger partial charge in [-0.05, 0) is 42.0 Å². The predicted octanol–water partition coefficient (Wildman–Crippen LogP) is 3.98. The van der Waals surface area contributed by atoms with Crippen molar-refractivity contribution in [2.75, 3.05) is 5.73 Å². The van der Waals surface area contributed by atoms with Crippen LogP contribution in [-0.2, 0) is 19.3 Å². The molecule has 2 aromatic heterocycles. The number of ether oxygens (including phenoxy) is 1. The molecule has 0 aliphatic heterocycles. The molecule has 1 aliphatic rings. The summed E-state index contributed by atoms with van der Waals surface area (Å²) in [5.41, 5.74) is 5.59. The normalized spacial score (nSPS) is 18.2. The van der Waals surface area contributed by atoms with E-state index < -0.39 is 17.7 Å². The van der Waals surface area contributed by atoms with Gasteiger partial charge in [-0.3, -0.25) is 4.98 Å². The van der Waals surface area contributed by atoms with E-state index >= 15 is 0 Å². The lowest BCUT2D eigenvalue weighted by Crippen LogP contribution is -2.46. The minimum Gasteiger partial charge on any atom is -0.490 e. The van der Waals surface area contributed by atoms with Gasteiger partial charge in [0.1, 0.15) is 29.2 Å². The van der Waals surface area contributed by atoms with Crippen molar-refractivity contribution in [3.05, 3.63) is 59.3 Å². The van der Waals surface area contributed by atoms with Crippen LogP contribution < -0.4 is 15.8 Å². The van der Waals surface area contributed by atoms with Crippen LogP contribution >= 0.6 is 12.4 Å². The van der Waals surface area contributed by atoms with E-state index in [1.807, 2.05) is 0 Å². The molecule has 0 radical (unpaired) electrons. The zero-order chi connectivity index (χ0) is 22.2. The van der Waals surface area contributed by atoms with Crippen molar-refractivity contribution in [1.29, 1.82) is 0 Å². The van der Waals surface area contributed by atoms with Gasteiger partial charge < -0.3 is 20.9 Å². The third-order valence-electron chi connectivity index (χ3n) is 5.34. The summed E-state index contributed by atoms with van der Waals surface area (Å²) in [5.74, 6) is -0.0976. The Morgan fingerprint density at radius 3 is 2.59 bits per heavy atom. The van der Waals surface area contributed by atoms with Crippen LogP contribution in [-0.4, -0.2) is 27.2 Å². The number of nitrogen functional groups attached to an aromatic ring is 1. The third-order valence-corrected chi connectivity index (χ3v) is 5.34. The standard InChI is InChI=1S/C21H20F4N4O2.ClH/c22-18-3-11(10-30)16-8-29-20(26)7-15(16)17(18)9-28-12-4-14(5-12)31-13-1-2-27-19(6-13)21(23,24)25;/h1-3,6-8,12,14,28,30H,4-5,9-10H2,(H2,26,29);1H. The minimum atomic E-state index is -4.53. The van der Waals surface area contributed by atoms with Gasteiger partial charge >= 0.3 is 6.18 Å². The number of nitrogens with zero attached hydrogens (tertiary/aromatic N) is 2. The molecule has 1 aliphatic carbocycles. The number of aromatic nitrogens is 2. The second kappa shape index (κ2) is 9.43. The SMILES string of the molecule is Cl.Nc1cc2c(CNC3CC(Oc4ccnc(C(F)(F)F)c4)C3)c(F)cc(CO)c2cn1. The number of anilines is 1. The second-order valence-electron chi connectivity index (χ2n) is 7.47. The number of aliphatic hydroxyl groups is 1. The van der Waals surface area contributed by atoms with Gasteiger partial charge in [-0.2, -0.15) is 13.2 Å². The number of halogens is 5. The number of nitrogens with one attached hydrogen (secondary N) is 1. The average molecular weight is 473 g/mol. The Labute approximate surface area is 187 Å². The molecule has 11 heteroatoms. The number of nitrogens with two attached hydrogens (primary N) is 1. The molecule has 32 heavy (non-hydrogen) atoms. The summed E-state index contributed by atoms with van der Waals surface area (Å²) in [7, 11) is 0. The van der Waals surface area contributed by atoms with Crippen molar-refractivity contribution in [2.45, 2.75) is 44.3 Å². The Morgan fingerprint density at radius 1 is 1.16 bits per heavy atom. The van der Waals surface area contributed by atoms with Gasteiger partial charge in [0.25, 0.3) is 0 Å². The van der Waals surface area contributed by atoms with E-state index in [1.165, 1.54) is 18.3 Å². The lowest BCUT2D eigenvalue weighted by molar-refractivity contribution is -0.141. The van der Waals surface area contributed by atoms with Gasteiger partial charge in [-0.1, -0.05) is 0 Å². The molecule has 0 atom stereocenters. The van der Waals surface area contributed by atoms with Crippen LogP contribution in [0.15, 0.2) is 36.7 Å². The molecule has 0 spiro atoms. The smallest absolute Gasteiger partial charge is 0.433 e. The van der Waals surface area contributed by atoms with Gasteiger partial charge in [-0.15, -0.1) is 12.4 Å². The molecule has 4 rings (SSSR count). The van der Waals surface area contributed by atoms with Gasteiger partial charge in [-0.25, -0.2) is 9.37 Å². The monoisotopic (exact) mass is 472 g/mol. The Kier molecular flexibility index (Phi) is 7.06. The largest absolute Gasteiger partial charge is 0.490 e. The van der Waals surface area contributed by atoms with Crippen molar-refractivity contribution in [3.8, 4) is 5.75 Å². The first-order valence-electron chi connectivity index (χ1n) is 9.64. The van der Waals surface area contributed by atoms with E-state index in [0.717, 1.165) is 12.3 Å². The summed E-state index contributed by atoms with van der Waals surface area (Å²) in [5, 5.41) is 13.9. The lowest BCUT2D eigenvalue weighted by atomic mass is 9.88. The fourth-order valence-corrected chi connectivity index (χ4v) is 3.64. The fourth-order valence-electron chi connectivity index (χ4n) is 3.64. The molecule has 4 N–H and O–H groups in total. The molecule has 1 aromatic carbocycles. The summed E-state index contributed by atoms with van der Waals surface area (Å²) in [4.78, 5) is 7.32. The Balaban J connectivity index is 0.00000289. The van der Waals surface area contributed by atoms with Crippen LogP contribution in [0.4, 0.5) is 23.4 Å². The van der Waals surface area contributed by atoms with Crippen molar-refractivity contribution < 1.29 is 27.4 Å². The van der Waals surface area contributed by atoms with Crippen LogP contribution in [0.1, 0.15) is 29.7 Å². The van der Waals surface area contributed by atoms with Gasteiger partial charge in [0.15, 0.2) is 0 Å². The van der Waals surface area contributed by atoms with Crippen LogP contribution in [0, 0.1) is 5.82 Å². The van der Waals surface area contributed by atoms with Crippen molar-refractivity contribution >= 4 is 29.0 Å². The topological polar surface area (TPSA) is 93.3 Å². The molecule has 1 fully saturated rings. The summed E-state index contributed by atoms with van der Waals surface area (Å²) in [6, 6.07) is 5.15. The molecule has 0 saturated heterocycles. The van der Waals surface area contributed by atoms with Crippen LogP contribution in [0.25, 0.3) is 10.8 Å². The molecular weight excluding hydrogens is 452 g/mol. The maximum Gasteiger partial charge on any atom is 0.433 e. The molecule has 1 saturated carbocycles. The molecule has 0 bridgehead atoms. The molecule has 2 heterocycles. The highest BCUT2D eigenvalue weighted by Crippen LogP contribution is 2.32. The van der Waals surface area contributed by atoms with E-state index in [1.54, 1.807) is 6.07 Å². The number of rotatable bonds is 6. The number of pyridine rings is 2. The van der Waals surface area contributed by atoms with E-state index in [9.17, 15) is 22.7 Å². The number of fused-ring (bicyclic) bond motifs is 1. The van der Waals surface area contributed by atoms with E-state index in [4.69, 9.17) is 10.5 Å². The number of alkyl halides is 3. The molecule has 0 amide bonds. The molecular formula is C21H21ClF4N4O2. The highest BCUT2D eigenvalue weighted by atomic mass is 35.5. The Morgan fingerprint density at radius 2 is 1.91 bits per heavy atom. The van der Waals surface area contributed by atoms with Crippen LogP contribution in [0.5, 0.6) is 5.75 Å². The molecule has 3 aromatic rings. The zero-order valence-corrected chi connectivity index (χ0v) is 17.5. The fraction of sp³-hybridized carbons (Fsp3) is 0.333. The number of aliphatic hydroxyl groups excluding tert-OH is 1. The highest BCUT2D eigenvalue weighted by Gasteiger charge is 2.34. The van der Waals surface area contributed by atoms with Crippen LogP contribution in [0.2, 0.25) is 0 Å². The van der Waals surface area contributed by atoms with Gasteiger partial charge in [0, 0.05) is 42.0 Å². The first-order chi connectivity index (χ1) is 14.7. The summed E-state index contributed by atoms with van der Waals surface area (Å²) < 4.78 is 58.5. The second-order valence-corrected chi connectivity index (χ2v) is 7.47. The Bertz CT molecular complexity index is 1110. The lowest BCUT2D eigenvalue weighted by Gasteiger charge is -2.36. The summed E-state index contributed by atoms with van der Waals surface area (Å²) in [6.07, 6.45) is -1.05. The first-order valence-corrected chi connectivity index (χ1v) is 9.64. The van der Waals surface area contributed by atoms with Crippen molar-refractivity contribution in [1.82, 2.24) is 15.3 Å². The van der Waals surface area contributed by atoms with Crippen molar-refractivity contribution in [3.63, 3.8) is 0 Å². The maximum absolute atomic E-state index is 14.6. The van der Waals surface area contributed by atoms with Gasteiger partial charge in [0.2, 0.25) is 0 Å². The van der Waals surface area contributed by atoms with Crippen molar-refractivity contribution in [2.24, 2.45) is 0 Å². The minimum absolute atomic E-state index is 0. The number of hydrogen-bond acceptors (Lipinski definition) is 6. The van der Waals surface area contributed by atoms with Gasteiger partial charge in [0.05, 0.1) is 6.61 Å². The number of hydrogen-bond donors (Lipinski definition) is 3. The Hall–Kier alpha value is -2.69. The summed E-state index contributed by atoms with van der Waals surface area (Å²) in [6.45, 7) is -0.0954. The molecule has 172 valence electrons. The summed E-state index contributed by atoms with van der Waals surface area (Å²) >= 11 is 0. The maximum atomic E-state index is 14.6. The predicted molar refractivity (Wildman–Crippen MR) is 113 cm³/mol. The number of benzene rings is 1. The zero-order valence-electron chi connectivity index (χ0n) is 16.7. The molecule has 6 nitrogen and oxygen atoms in total. The molecule has 0 unspecified atom stereocenters. The van der Waals surface area contributed by atoms with E-state index in [-0.39, 0.29) is 49.3 Å². The average Bonchev–Trinajstić information content (AvgIpc) is 2.69. The quantitative estimate of drug-likeness (QED) is 0.470.